The van der Waals surface area contributed by atoms with Crippen molar-refractivity contribution in [2.24, 2.45) is 11.8 Å². The lowest BCUT2D eigenvalue weighted by Crippen LogP contribution is -2.35. The van der Waals surface area contributed by atoms with Crippen molar-refractivity contribution >= 4 is 28.9 Å². The van der Waals surface area contributed by atoms with E-state index in [0.717, 1.165) is 43.4 Å². The van der Waals surface area contributed by atoms with Gasteiger partial charge in [-0.2, -0.15) is 13.2 Å². The van der Waals surface area contributed by atoms with Gasteiger partial charge >= 0.3 is 6.18 Å². The molecule has 2 heterocycles. The molecule has 178 valence electrons. The zero-order valence-corrected chi connectivity index (χ0v) is 19.2. The van der Waals surface area contributed by atoms with Gasteiger partial charge in [0, 0.05) is 36.9 Å². The summed E-state index contributed by atoms with van der Waals surface area (Å²) in [4.78, 5) is 16.8. The van der Waals surface area contributed by atoms with E-state index in [-0.39, 0.29) is 17.5 Å². The first-order valence-electron chi connectivity index (χ1n) is 11.0. The first-order chi connectivity index (χ1) is 15.6. The van der Waals surface area contributed by atoms with Crippen molar-refractivity contribution in [3.8, 4) is 0 Å². The molecule has 2 atom stereocenters. The molecule has 0 aliphatic carbocycles. The normalized spacial score (nSPS) is 20.8. The van der Waals surface area contributed by atoms with Gasteiger partial charge in [-0.25, -0.2) is 0 Å². The minimum atomic E-state index is -4.62. The number of nitrogens with two attached hydrogens (primary N) is 1. The lowest BCUT2D eigenvalue weighted by atomic mass is 10.0. The quantitative estimate of drug-likeness (QED) is 0.449. The van der Waals surface area contributed by atoms with E-state index in [0.29, 0.717) is 24.7 Å². The number of fused-ring (bicyclic) bond motifs is 1. The Bertz CT molecular complexity index is 1020. The second-order valence-electron chi connectivity index (χ2n) is 8.93. The van der Waals surface area contributed by atoms with Crippen LogP contribution in [-0.4, -0.2) is 55.0 Å². The third-order valence-electron chi connectivity index (χ3n) is 6.55. The van der Waals surface area contributed by atoms with Crippen LogP contribution in [0.2, 0.25) is 5.02 Å². The zero-order chi connectivity index (χ0) is 23.8. The number of carbonyl (C=O) groups excluding carboxylic acids is 1. The number of nitrogen functional groups attached to an aromatic ring is 1. The highest BCUT2D eigenvalue weighted by molar-refractivity contribution is 6.31. The molecule has 2 aromatic rings. The molecule has 2 unspecified atom stereocenters. The highest BCUT2D eigenvalue weighted by Crippen LogP contribution is 2.37. The number of carbonyl (C=O) groups is 1. The average Bonchev–Trinajstić information content (AvgIpc) is 3.31. The molecule has 0 spiro atoms. The Kier molecular flexibility index (Phi) is 6.77. The van der Waals surface area contributed by atoms with Crippen LogP contribution in [0.25, 0.3) is 5.32 Å². The number of halogens is 4. The van der Waals surface area contributed by atoms with E-state index < -0.39 is 23.2 Å². The molecule has 2 saturated heterocycles. The molecule has 5 nitrogen and oxygen atoms in total. The third-order valence-corrected chi connectivity index (χ3v) is 6.95. The number of aryl methyl sites for hydroxylation is 1. The topological polar surface area (TPSA) is 63.7 Å². The lowest BCUT2D eigenvalue weighted by molar-refractivity contribution is -0.138. The molecule has 0 saturated carbocycles. The molecule has 2 aliphatic heterocycles. The van der Waals surface area contributed by atoms with Crippen molar-refractivity contribution in [3.05, 3.63) is 63.4 Å². The van der Waals surface area contributed by atoms with Crippen molar-refractivity contribution in [3.63, 3.8) is 0 Å². The molecule has 2 aromatic carbocycles. The Balaban J connectivity index is 1.28. The number of hydrogen-bond acceptors (Lipinski definition) is 3. The van der Waals surface area contributed by atoms with E-state index in [4.69, 9.17) is 17.3 Å². The van der Waals surface area contributed by atoms with Crippen LogP contribution < -0.4 is 5.73 Å². The van der Waals surface area contributed by atoms with Crippen LogP contribution in [0.3, 0.4) is 0 Å². The second kappa shape index (κ2) is 9.43. The van der Waals surface area contributed by atoms with Gasteiger partial charge in [0.25, 0.3) is 5.91 Å². The van der Waals surface area contributed by atoms with Crippen LogP contribution in [-0.2, 0) is 6.18 Å². The Hall–Kier alpha value is -2.45. The maximum Gasteiger partial charge on any atom is 0.417 e. The summed E-state index contributed by atoms with van der Waals surface area (Å²) in [7, 11) is 0. The standard InChI is InChI=1S/C24H27ClF3N4O/c1-15-6-7-18(10-20(15)25)30-8-3-9-31-11-16-13-32(14-17(16)12-31)23(33)22-19(24(26,27)28)4-2-5-21(22)29/h2,4-7,10,16-17H,3,8-9,11-14H2,1H3,(H2,29,33)/q-1. The average molecular weight is 480 g/mol. The molecular weight excluding hydrogens is 453 g/mol. The Morgan fingerprint density at radius 3 is 2.48 bits per heavy atom. The molecule has 4 rings (SSSR count). The number of alkyl halides is 3. The highest BCUT2D eigenvalue weighted by atomic mass is 35.5. The second-order valence-corrected chi connectivity index (χ2v) is 9.33. The van der Waals surface area contributed by atoms with E-state index in [2.05, 4.69) is 10.2 Å². The van der Waals surface area contributed by atoms with Crippen molar-refractivity contribution in [1.82, 2.24) is 9.80 Å². The fourth-order valence-electron chi connectivity index (χ4n) is 4.82. The fourth-order valence-corrected chi connectivity index (χ4v) is 5.00. The van der Waals surface area contributed by atoms with Crippen LogP contribution in [0.4, 0.5) is 24.5 Å². The van der Waals surface area contributed by atoms with Crippen molar-refractivity contribution < 1.29 is 18.0 Å². The number of likely N-dealkylation sites (tertiary alicyclic amines) is 2. The van der Waals surface area contributed by atoms with E-state index >= 15 is 0 Å². The van der Waals surface area contributed by atoms with E-state index in [1.807, 2.05) is 25.1 Å². The summed E-state index contributed by atoms with van der Waals surface area (Å²) >= 11 is 6.14. The lowest BCUT2D eigenvalue weighted by Gasteiger charge is -2.25. The maximum atomic E-state index is 13.4. The van der Waals surface area contributed by atoms with Gasteiger partial charge < -0.3 is 20.9 Å². The van der Waals surface area contributed by atoms with Gasteiger partial charge in [0.2, 0.25) is 0 Å². The summed E-state index contributed by atoms with van der Waals surface area (Å²) in [6.45, 7) is 6.13. The number of rotatable bonds is 6. The number of amides is 1. The predicted octanol–water partition coefficient (Wildman–Crippen LogP) is 5.35. The first kappa shape index (κ1) is 23.7. The minimum Gasteiger partial charge on any atom is -0.684 e. The minimum absolute atomic E-state index is 0.132. The molecule has 1 amide bonds. The van der Waals surface area contributed by atoms with E-state index in [9.17, 15) is 18.0 Å². The molecule has 0 radical (unpaired) electrons. The monoisotopic (exact) mass is 479 g/mol. The highest BCUT2D eigenvalue weighted by Gasteiger charge is 2.43. The Morgan fingerprint density at radius 2 is 1.85 bits per heavy atom. The molecule has 2 fully saturated rings. The Morgan fingerprint density at radius 1 is 1.15 bits per heavy atom. The summed E-state index contributed by atoms with van der Waals surface area (Å²) in [5.74, 6) is -0.0981. The maximum absolute atomic E-state index is 13.4. The van der Waals surface area contributed by atoms with Crippen LogP contribution in [0, 0.1) is 18.8 Å². The predicted molar refractivity (Wildman–Crippen MR) is 124 cm³/mol. The molecule has 2 N–H and O–H groups in total. The summed E-state index contributed by atoms with van der Waals surface area (Å²) in [6, 6.07) is 9.26. The van der Waals surface area contributed by atoms with Gasteiger partial charge in [0.15, 0.2) is 0 Å². The number of benzene rings is 2. The number of anilines is 1. The number of nitrogens with zero attached hydrogens (tertiary/aromatic N) is 3. The van der Waals surface area contributed by atoms with Gasteiger partial charge in [0.05, 0.1) is 11.1 Å². The first-order valence-corrected chi connectivity index (χ1v) is 11.4. The van der Waals surface area contributed by atoms with Crippen LogP contribution >= 0.6 is 11.6 Å². The summed E-state index contributed by atoms with van der Waals surface area (Å²) < 4.78 is 40.2. The van der Waals surface area contributed by atoms with Gasteiger partial charge in [0.1, 0.15) is 0 Å². The van der Waals surface area contributed by atoms with Crippen LogP contribution in [0.5, 0.6) is 0 Å². The molecule has 2 aliphatic rings. The zero-order valence-electron chi connectivity index (χ0n) is 18.4. The van der Waals surface area contributed by atoms with E-state index in [1.165, 1.54) is 17.0 Å². The number of hydrogen-bond donors (Lipinski definition) is 1. The SMILES string of the molecule is Cc1ccc([N-]CCCN2CC3CN(C(=O)c4c(N)cccc4C(F)(F)F)CC3C2)cc1Cl. The van der Waals surface area contributed by atoms with Crippen molar-refractivity contribution in [1.29, 1.82) is 0 Å². The fraction of sp³-hybridized carbons (Fsp3) is 0.458. The van der Waals surface area contributed by atoms with Crippen LogP contribution in [0.15, 0.2) is 36.4 Å². The Labute approximate surface area is 196 Å². The smallest absolute Gasteiger partial charge is 0.417 e. The summed E-state index contributed by atoms with van der Waals surface area (Å²) in [6.07, 6.45) is -3.72. The van der Waals surface area contributed by atoms with E-state index in [1.54, 1.807) is 0 Å². The summed E-state index contributed by atoms with van der Waals surface area (Å²) in [5, 5.41) is 5.29. The molecule has 9 heteroatoms. The van der Waals surface area contributed by atoms with Gasteiger partial charge in [-0.05, 0) is 43.0 Å². The molecule has 0 bridgehead atoms. The largest absolute Gasteiger partial charge is 0.684 e. The summed E-state index contributed by atoms with van der Waals surface area (Å²) in [5.41, 5.74) is 6.14. The molecule has 0 aromatic heterocycles. The van der Waals surface area contributed by atoms with Gasteiger partial charge in [-0.1, -0.05) is 42.3 Å². The van der Waals surface area contributed by atoms with Crippen molar-refractivity contribution in [2.75, 3.05) is 45.0 Å². The van der Waals surface area contributed by atoms with Gasteiger partial charge in [-0.3, -0.25) is 4.79 Å². The van der Waals surface area contributed by atoms with Crippen LogP contribution in [0.1, 0.15) is 27.9 Å². The third kappa shape index (κ3) is 5.22. The molecular formula is C24H27ClF3N4O-. The van der Waals surface area contributed by atoms with Crippen molar-refractivity contribution in [2.45, 2.75) is 19.5 Å². The van der Waals surface area contributed by atoms with Gasteiger partial charge in [-0.15, -0.1) is 12.2 Å². The molecule has 33 heavy (non-hydrogen) atoms.